The summed E-state index contributed by atoms with van der Waals surface area (Å²) in [5.41, 5.74) is -1.32. The van der Waals surface area contributed by atoms with Crippen LogP contribution in [0, 0.1) is 23.7 Å². The van der Waals surface area contributed by atoms with Crippen LogP contribution >= 0.6 is 0 Å². The molecule has 21 heteroatoms. The molecule has 4 aliphatic rings. The lowest BCUT2D eigenvalue weighted by Crippen LogP contribution is -2.62. The first-order chi connectivity index (χ1) is 36.3. The quantitative estimate of drug-likeness (QED) is 0.122. The van der Waals surface area contributed by atoms with Crippen molar-refractivity contribution in [2.75, 3.05) is 48.1 Å². The van der Waals surface area contributed by atoms with Crippen LogP contribution in [0.3, 0.4) is 0 Å². The normalized spacial score (nSPS) is 39.2. The van der Waals surface area contributed by atoms with E-state index in [2.05, 4.69) is 20.6 Å². The molecule has 3 saturated heterocycles. The highest BCUT2D eigenvalue weighted by Gasteiger charge is 2.55. The first-order valence-corrected chi connectivity index (χ1v) is 27.9. The third-order valence-electron chi connectivity index (χ3n) is 17.8. The van der Waals surface area contributed by atoms with Gasteiger partial charge >= 0.3 is 5.97 Å². The molecular formula is C56H91FN8O12. The zero-order valence-electron chi connectivity index (χ0n) is 48.0. The standard InChI is InChI=1S/C56H91FN8O12/c1-15-45-56(10,71)49(67)35(6)63(12)28-31(2)25-54(8,70)51(33(4)46(34(5)52(69)76-45)44-26-55(9,73-14)50(68)36(7)75-44)77-53-47(66)42(24-32(3)74-53)62(11)23-22-39-29-65(60-58-39)43(27-57)48(72-13)38-18-20-40(21-19-38)64-30-41(59-61-64)37-16-17-37/h18-21,29-37,42-51,53,66-68,70-71H,15-17,22-28H2,1-14H3/t31-,32-,33+,34-,35-,36+,42+,43-,44-,45-,46?,47-,48-,49-,50+,51-,53+,54-,55-,56-/m1/s1. The Labute approximate surface area is 454 Å². The van der Waals surface area contributed by atoms with Crippen molar-refractivity contribution < 1.29 is 63.1 Å². The van der Waals surface area contributed by atoms with Gasteiger partial charge in [0, 0.05) is 70.3 Å². The van der Waals surface area contributed by atoms with Crippen molar-refractivity contribution in [1.29, 1.82) is 0 Å². The zero-order valence-corrected chi connectivity index (χ0v) is 48.0. The molecule has 4 fully saturated rings. The van der Waals surface area contributed by atoms with Crippen molar-refractivity contribution in [1.82, 2.24) is 39.8 Å². The molecule has 0 bridgehead atoms. The van der Waals surface area contributed by atoms with Crippen LogP contribution in [0.2, 0.25) is 0 Å². The van der Waals surface area contributed by atoms with Crippen LogP contribution < -0.4 is 0 Å². The van der Waals surface area contributed by atoms with Crippen LogP contribution in [-0.4, -0.2) is 203 Å². The molecule has 2 aromatic heterocycles. The largest absolute Gasteiger partial charge is 0.459 e. The fourth-order valence-electron chi connectivity index (χ4n) is 12.8. The van der Waals surface area contributed by atoms with Crippen molar-refractivity contribution in [2.45, 2.75) is 216 Å². The van der Waals surface area contributed by atoms with Crippen molar-refractivity contribution in [2.24, 2.45) is 23.7 Å². The Morgan fingerprint density at radius 1 is 0.935 bits per heavy atom. The zero-order chi connectivity index (χ0) is 56.5. The van der Waals surface area contributed by atoms with E-state index in [9.17, 15) is 34.7 Å². The summed E-state index contributed by atoms with van der Waals surface area (Å²) in [6.45, 7) is 17.9. The second kappa shape index (κ2) is 25.1. The number of methoxy groups -OCH3 is 2. The smallest absolute Gasteiger partial charge is 0.309 e. The van der Waals surface area contributed by atoms with Gasteiger partial charge in [-0.25, -0.2) is 13.8 Å². The predicted molar refractivity (Wildman–Crippen MR) is 284 cm³/mol. The molecule has 3 aliphatic heterocycles. The van der Waals surface area contributed by atoms with E-state index in [1.807, 2.05) is 75.1 Å². The van der Waals surface area contributed by atoms with Gasteiger partial charge < -0.3 is 63.8 Å². The van der Waals surface area contributed by atoms with Gasteiger partial charge in [-0.05, 0) is 117 Å². The number of carbonyl (C=O) groups excluding carboxylic acids is 1. The van der Waals surface area contributed by atoms with Gasteiger partial charge in [0.2, 0.25) is 0 Å². The Hall–Kier alpha value is -3.58. The lowest BCUT2D eigenvalue weighted by Gasteiger charge is -2.51. The number of carbonyl (C=O) groups is 1. The number of cyclic esters (lactones) is 1. The number of aliphatic hydroxyl groups excluding tert-OH is 3. The highest BCUT2D eigenvalue weighted by Crippen LogP contribution is 2.45. The number of likely N-dealkylation sites (N-methyl/N-ethyl adjacent to an activating group) is 2. The monoisotopic (exact) mass is 1090 g/mol. The maximum atomic E-state index is 15.0. The van der Waals surface area contributed by atoms with Gasteiger partial charge in [0.05, 0.1) is 64.8 Å². The lowest BCUT2D eigenvalue weighted by atomic mass is 9.68. The second-order valence-electron chi connectivity index (χ2n) is 24.0. The molecule has 5 N–H and O–H groups in total. The summed E-state index contributed by atoms with van der Waals surface area (Å²) in [6.07, 6.45) is -2.06. The van der Waals surface area contributed by atoms with Crippen LogP contribution in [0.15, 0.2) is 36.7 Å². The Bertz CT molecular complexity index is 2360. The van der Waals surface area contributed by atoms with Gasteiger partial charge in [-0.2, -0.15) is 0 Å². The van der Waals surface area contributed by atoms with Crippen molar-refractivity contribution in [3.63, 3.8) is 0 Å². The molecule has 1 aliphatic carbocycles. The van der Waals surface area contributed by atoms with Crippen molar-refractivity contribution in [3.8, 4) is 5.69 Å². The molecular weight excluding hydrogens is 996 g/mol. The van der Waals surface area contributed by atoms with E-state index < -0.39 is 127 Å². The molecule has 434 valence electrons. The summed E-state index contributed by atoms with van der Waals surface area (Å²) < 4.78 is 56.4. The van der Waals surface area contributed by atoms with Gasteiger partial charge in [0.1, 0.15) is 48.8 Å². The van der Waals surface area contributed by atoms with E-state index in [0.29, 0.717) is 37.5 Å². The number of ether oxygens (including phenoxy) is 6. The first-order valence-electron chi connectivity index (χ1n) is 27.9. The molecule has 77 heavy (non-hydrogen) atoms. The van der Waals surface area contributed by atoms with Crippen LogP contribution in [-0.2, 0) is 39.6 Å². The third kappa shape index (κ3) is 13.4. The number of hydrogen-bond donors (Lipinski definition) is 5. The number of esters is 1. The number of hydrogen-bond acceptors (Lipinski definition) is 18. The minimum Gasteiger partial charge on any atom is -0.459 e. The molecule has 3 aromatic rings. The van der Waals surface area contributed by atoms with Crippen LogP contribution in [0.4, 0.5) is 4.39 Å². The average molecular weight is 1090 g/mol. The third-order valence-corrected chi connectivity index (χ3v) is 17.8. The fourth-order valence-corrected chi connectivity index (χ4v) is 12.8. The van der Waals surface area contributed by atoms with Crippen molar-refractivity contribution in [3.05, 3.63) is 53.6 Å². The van der Waals surface area contributed by atoms with Gasteiger partial charge in [0.25, 0.3) is 0 Å². The average Bonchev–Trinajstić information content (AvgIpc) is 3.94. The van der Waals surface area contributed by atoms with Crippen LogP contribution in [0.5, 0.6) is 0 Å². The number of nitrogens with zero attached hydrogens (tertiary/aromatic N) is 8. The summed E-state index contributed by atoms with van der Waals surface area (Å²) in [5.74, 6) is -2.78. The first kappa shape index (κ1) is 61.0. The molecule has 20 nitrogen and oxygen atoms in total. The summed E-state index contributed by atoms with van der Waals surface area (Å²) >= 11 is 0. The predicted octanol–water partition coefficient (Wildman–Crippen LogP) is 4.74. The maximum Gasteiger partial charge on any atom is 0.309 e. The summed E-state index contributed by atoms with van der Waals surface area (Å²) in [6, 6.07) is 5.75. The minimum atomic E-state index is -1.83. The van der Waals surface area contributed by atoms with Crippen molar-refractivity contribution >= 4 is 5.97 Å². The number of halogens is 1. The number of benzene rings is 1. The van der Waals surface area contributed by atoms with Crippen LogP contribution in [0.1, 0.15) is 143 Å². The minimum absolute atomic E-state index is 0.171. The molecule has 0 amide bonds. The highest BCUT2D eigenvalue weighted by atomic mass is 19.1. The lowest BCUT2D eigenvalue weighted by molar-refractivity contribution is -0.302. The van der Waals surface area contributed by atoms with Gasteiger partial charge in [-0.15, -0.1) is 10.2 Å². The van der Waals surface area contributed by atoms with E-state index >= 15 is 0 Å². The maximum absolute atomic E-state index is 15.0. The molecule has 0 spiro atoms. The Morgan fingerprint density at radius 3 is 2.25 bits per heavy atom. The van der Waals surface area contributed by atoms with E-state index in [4.69, 9.17) is 28.4 Å². The second-order valence-corrected chi connectivity index (χ2v) is 24.0. The van der Waals surface area contributed by atoms with E-state index in [0.717, 1.165) is 29.8 Å². The van der Waals surface area contributed by atoms with E-state index in [1.54, 1.807) is 59.5 Å². The topological polar surface area (TPSA) is 241 Å². The molecule has 7 rings (SSSR count). The Morgan fingerprint density at radius 2 is 1.62 bits per heavy atom. The summed E-state index contributed by atoms with van der Waals surface area (Å²) in [4.78, 5) is 18.6. The van der Waals surface area contributed by atoms with E-state index in [1.165, 1.54) is 18.7 Å². The molecule has 20 atom stereocenters. The Balaban J connectivity index is 1.12. The van der Waals surface area contributed by atoms with Gasteiger partial charge in [-0.3, -0.25) is 4.79 Å². The number of alkyl halides is 1. The summed E-state index contributed by atoms with van der Waals surface area (Å²) in [5, 5.41) is 77.7. The molecule has 1 saturated carbocycles. The SMILES string of the molecule is CC[C@H]1OC(=O)[C@H](C)C([C@H]2C[C@@](C)(OC)[C@@H](O)[C@H](C)O2)[C@H](C)[C@@H](O[C@@H]2O[C@H](C)C[C@H](N(C)CCc3cn([C@H](CF)[C@H](OC)c4ccc(-n5cc(C6CC6)nn5)cc4)nn3)[C@H]2O)[C@](C)(O)C[C@@H](C)CN(C)[C@H](C)[C@@H](O)[C@]1(C)O. The Kier molecular flexibility index (Phi) is 19.9. The molecule has 1 aromatic carbocycles. The number of rotatable bonds is 16. The fraction of sp³-hybridized carbons (Fsp3) is 0.804. The van der Waals surface area contributed by atoms with Crippen LogP contribution in [0.25, 0.3) is 5.69 Å². The highest BCUT2D eigenvalue weighted by molar-refractivity contribution is 5.73. The summed E-state index contributed by atoms with van der Waals surface area (Å²) in [7, 11) is 6.81. The molecule has 0 radical (unpaired) electrons. The van der Waals surface area contributed by atoms with Gasteiger partial charge in [-0.1, -0.05) is 50.3 Å². The number of aromatic nitrogens is 6. The number of aliphatic hydroxyl groups is 5. The van der Waals surface area contributed by atoms with E-state index in [-0.39, 0.29) is 25.2 Å². The van der Waals surface area contributed by atoms with Gasteiger partial charge in [0.15, 0.2) is 6.29 Å². The molecule has 1 unspecified atom stereocenters. The molecule has 5 heterocycles.